The van der Waals surface area contributed by atoms with Gasteiger partial charge in [-0.1, -0.05) is 78.9 Å². The van der Waals surface area contributed by atoms with Gasteiger partial charge in [0.1, 0.15) is 6.61 Å². The fraction of sp³-hybridized carbons (Fsp3) is 0.294. The van der Waals surface area contributed by atoms with Gasteiger partial charge in [0.2, 0.25) is 0 Å². The molecule has 3 atom stereocenters. The van der Waals surface area contributed by atoms with E-state index in [-0.39, 0.29) is 31.1 Å². The Bertz CT molecular complexity index is 1490. The Kier molecular flexibility index (Phi) is 9.36. The van der Waals surface area contributed by atoms with Crippen LogP contribution < -0.4 is 4.90 Å². The predicted octanol–water partition coefficient (Wildman–Crippen LogP) is 6.54. The van der Waals surface area contributed by atoms with E-state index in [4.69, 9.17) is 14.2 Å². The minimum absolute atomic E-state index is 0.0816. The molecule has 1 saturated heterocycles. The summed E-state index contributed by atoms with van der Waals surface area (Å²) >= 11 is 0. The monoisotopic (exact) mass is 568 g/mol. The summed E-state index contributed by atoms with van der Waals surface area (Å²) < 4.78 is 17.6. The summed E-state index contributed by atoms with van der Waals surface area (Å²) in [7, 11) is 3.31. The lowest BCUT2D eigenvalue weighted by atomic mass is 9.78. The molecular weight excluding hydrogens is 532 g/mol. The fourth-order valence-electron chi connectivity index (χ4n) is 5.64. The van der Waals surface area contributed by atoms with Crippen LogP contribution in [0.25, 0.3) is 10.8 Å². The summed E-state index contributed by atoms with van der Waals surface area (Å²) in [6.45, 7) is 1.52. The zero-order valence-corrected chi connectivity index (χ0v) is 23.9. The number of fused-ring (bicyclic) bond motifs is 1. The SMILES string of the molecule is COCC1CN(C(=O)O)CC(OCc2ccc3ccccc3c2)C1c1ccc(COC(=O)N(C)c2ccccc2)cc1. The standard InChI is InChI=1S/C34H36N2O6/c1-35(30-10-4-3-5-11-30)34(39)42-21-24-12-16-27(17-13-24)32-29(23-40-2)19-36(33(37)38)20-31(32)41-22-25-14-15-26-8-6-7-9-28(26)18-25/h3-18,29,31-32H,19-23H2,1-2H3,(H,37,38). The summed E-state index contributed by atoms with van der Waals surface area (Å²) in [5, 5.41) is 12.1. The number of methoxy groups -OCH3 is 1. The second kappa shape index (κ2) is 13.5. The molecule has 4 aromatic rings. The molecule has 0 aromatic heterocycles. The second-order valence-electron chi connectivity index (χ2n) is 10.7. The maximum absolute atomic E-state index is 12.6. The molecule has 1 fully saturated rings. The third-order valence-corrected chi connectivity index (χ3v) is 7.84. The van der Waals surface area contributed by atoms with Crippen molar-refractivity contribution in [2.45, 2.75) is 25.2 Å². The van der Waals surface area contributed by atoms with E-state index in [1.165, 1.54) is 9.80 Å². The molecule has 1 aliphatic rings. The van der Waals surface area contributed by atoms with Crippen molar-refractivity contribution in [3.8, 4) is 0 Å². The molecule has 8 heteroatoms. The smallest absolute Gasteiger partial charge is 0.414 e. The van der Waals surface area contributed by atoms with E-state index in [1.807, 2.05) is 72.8 Å². The molecule has 0 bridgehead atoms. The van der Waals surface area contributed by atoms with Crippen molar-refractivity contribution < 1.29 is 28.9 Å². The first-order chi connectivity index (χ1) is 20.4. The van der Waals surface area contributed by atoms with Crippen LogP contribution in [-0.4, -0.2) is 62.2 Å². The highest BCUT2D eigenvalue weighted by Crippen LogP contribution is 2.36. The lowest BCUT2D eigenvalue weighted by Crippen LogP contribution is -2.52. The van der Waals surface area contributed by atoms with Gasteiger partial charge >= 0.3 is 12.2 Å². The highest BCUT2D eigenvalue weighted by molar-refractivity contribution is 5.86. The highest BCUT2D eigenvalue weighted by atomic mass is 16.6. The van der Waals surface area contributed by atoms with Crippen LogP contribution in [0.3, 0.4) is 0 Å². The Morgan fingerprint density at radius 3 is 2.26 bits per heavy atom. The van der Waals surface area contributed by atoms with Crippen molar-refractivity contribution >= 4 is 28.6 Å². The summed E-state index contributed by atoms with van der Waals surface area (Å²) in [5.74, 6) is -0.175. The number of amides is 2. The van der Waals surface area contributed by atoms with Crippen molar-refractivity contribution in [2.75, 3.05) is 38.8 Å². The molecule has 0 spiro atoms. The van der Waals surface area contributed by atoms with Crippen LogP contribution in [0.2, 0.25) is 0 Å². The number of rotatable bonds is 9. The lowest BCUT2D eigenvalue weighted by molar-refractivity contribution is -0.0518. The number of anilines is 1. The normalized spacial score (nSPS) is 18.5. The quantitative estimate of drug-likeness (QED) is 0.247. The molecular formula is C34H36N2O6. The van der Waals surface area contributed by atoms with E-state index < -0.39 is 12.2 Å². The molecule has 1 heterocycles. The number of nitrogens with zero attached hydrogens (tertiary/aromatic N) is 2. The van der Waals surface area contributed by atoms with E-state index in [1.54, 1.807) is 14.2 Å². The van der Waals surface area contributed by atoms with Crippen LogP contribution >= 0.6 is 0 Å². The molecule has 0 radical (unpaired) electrons. The van der Waals surface area contributed by atoms with Crippen molar-refractivity contribution in [3.05, 3.63) is 114 Å². The number of carbonyl (C=O) groups excluding carboxylic acids is 1. The van der Waals surface area contributed by atoms with Crippen molar-refractivity contribution in [1.29, 1.82) is 0 Å². The average Bonchev–Trinajstić information content (AvgIpc) is 3.02. The fourth-order valence-corrected chi connectivity index (χ4v) is 5.64. The topological polar surface area (TPSA) is 88.5 Å². The van der Waals surface area contributed by atoms with Gasteiger partial charge in [-0.3, -0.25) is 4.90 Å². The van der Waals surface area contributed by atoms with Crippen LogP contribution in [0.4, 0.5) is 15.3 Å². The van der Waals surface area contributed by atoms with Crippen LogP contribution in [0.5, 0.6) is 0 Å². The first-order valence-corrected chi connectivity index (χ1v) is 14.0. The largest absolute Gasteiger partial charge is 0.465 e. The van der Waals surface area contributed by atoms with Gasteiger partial charge in [-0.2, -0.15) is 0 Å². The third kappa shape index (κ3) is 6.90. The van der Waals surface area contributed by atoms with Gasteiger partial charge in [-0.25, -0.2) is 9.59 Å². The number of carbonyl (C=O) groups is 2. The Hall–Kier alpha value is -4.40. The molecule has 1 N–H and O–H groups in total. The van der Waals surface area contributed by atoms with Gasteiger partial charge in [-0.05, 0) is 45.7 Å². The summed E-state index contributed by atoms with van der Waals surface area (Å²) in [6.07, 6.45) is -1.77. The van der Waals surface area contributed by atoms with E-state index in [2.05, 4.69) is 24.3 Å². The van der Waals surface area contributed by atoms with Gasteiger partial charge < -0.3 is 24.2 Å². The van der Waals surface area contributed by atoms with Gasteiger partial charge in [0.15, 0.2) is 0 Å². The summed E-state index contributed by atoms with van der Waals surface area (Å²) in [6, 6.07) is 31.6. The van der Waals surface area contributed by atoms with Gasteiger partial charge in [0.05, 0.1) is 25.9 Å². The lowest BCUT2D eigenvalue weighted by Gasteiger charge is -2.42. The number of carboxylic acid groups (broad SMARTS) is 1. The van der Waals surface area contributed by atoms with Crippen molar-refractivity contribution in [2.24, 2.45) is 5.92 Å². The number of hydrogen-bond acceptors (Lipinski definition) is 5. The maximum Gasteiger partial charge on any atom is 0.414 e. The van der Waals surface area contributed by atoms with Crippen LogP contribution in [-0.2, 0) is 27.4 Å². The molecule has 8 nitrogen and oxygen atoms in total. The van der Waals surface area contributed by atoms with E-state index in [0.29, 0.717) is 19.8 Å². The highest BCUT2D eigenvalue weighted by Gasteiger charge is 2.40. The van der Waals surface area contributed by atoms with Crippen molar-refractivity contribution in [3.63, 3.8) is 0 Å². The van der Waals surface area contributed by atoms with E-state index in [0.717, 1.165) is 33.2 Å². The number of likely N-dealkylation sites (tertiary alicyclic amines) is 1. The Labute approximate surface area is 246 Å². The minimum Gasteiger partial charge on any atom is -0.465 e. The summed E-state index contributed by atoms with van der Waals surface area (Å²) in [4.78, 5) is 27.5. The molecule has 1 aliphatic heterocycles. The minimum atomic E-state index is -0.966. The maximum atomic E-state index is 12.6. The molecule has 4 aromatic carbocycles. The Morgan fingerprint density at radius 2 is 1.55 bits per heavy atom. The van der Waals surface area contributed by atoms with Crippen LogP contribution in [0, 0.1) is 5.92 Å². The third-order valence-electron chi connectivity index (χ3n) is 7.84. The van der Waals surface area contributed by atoms with Crippen LogP contribution in [0.15, 0.2) is 97.1 Å². The number of piperidine rings is 1. The molecule has 0 aliphatic carbocycles. The number of hydrogen-bond donors (Lipinski definition) is 1. The zero-order valence-electron chi connectivity index (χ0n) is 23.9. The first kappa shape index (κ1) is 29.1. The molecule has 42 heavy (non-hydrogen) atoms. The average molecular weight is 569 g/mol. The Morgan fingerprint density at radius 1 is 0.857 bits per heavy atom. The molecule has 2 amide bonds. The molecule has 218 valence electrons. The van der Waals surface area contributed by atoms with E-state index in [9.17, 15) is 14.7 Å². The number of benzene rings is 4. The number of ether oxygens (including phenoxy) is 3. The predicted molar refractivity (Wildman–Crippen MR) is 162 cm³/mol. The molecule has 5 rings (SSSR count). The van der Waals surface area contributed by atoms with Crippen molar-refractivity contribution in [1.82, 2.24) is 4.90 Å². The van der Waals surface area contributed by atoms with Gasteiger partial charge in [0, 0.05) is 38.2 Å². The Balaban J connectivity index is 1.31. The van der Waals surface area contributed by atoms with Crippen LogP contribution in [0.1, 0.15) is 22.6 Å². The van der Waals surface area contributed by atoms with Gasteiger partial charge in [-0.15, -0.1) is 0 Å². The molecule has 0 saturated carbocycles. The van der Waals surface area contributed by atoms with E-state index >= 15 is 0 Å². The van der Waals surface area contributed by atoms with Gasteiger partial charge in [0.25, 0.3) is 0 Å². The number of para-hydroxylation sites is 1. The second-order valence-corrected chi connectivity index (χ2v) is 10.7. The first-order valence-electron chi connectivity index (χ1n) is 14.0. The molecule has 3 unspecified atom stereocenters. The zero-order chi connectivity index (χ0) is 29.5. The summed E-state index contributed by atoms with van der Waals surface area (Å²) in [5.41, 5.74) is 3.67.